The molecule has 19 heavy (non-hydrogen) atoms. The number of sulfone groups is 1. The van der Waals surface area contributed by atoms with Crippen molar-refractivity contribution in [2.75, 3.05) is 6.26 Å². The highest BCUT2D eigenvalue weighted by Crippen LogP contribution is 2.43. The topological polar surface area (TPSA) is 68.3 Å². The molecule has 0 spiro atoms. The van der Waals surface area contributed by atoms with Gasteiger partial charge in [0.15, 0.2) is 15.6 Å². The average Bonchev–Trinajstić information content (AvgIpc) is 2.54. The third-order valence-corrected chi connectivity index (χ3v) is 6.43. The van der Waals surface area contributed by atoms with Gasteiger partial charge in [-0.05, 0) is 29.0 Å². The second-order valence-corrected chi connectivity index (χ2v) is 9.13. The fraction of sp³-hybridized carbons (Fsp3) is 0.500. The number of hydrogen-bond acceptors (Lipinski definition) is 5. The first kappa shape index (κ1) is 14.7. The molecule has 0 amide bonds. The first-order chi connectivity index (χ1) is 8.53. The van der Waals surface area contributed by atoms with Crippen molar-refractivity contribution in [2.45, 2.75) is 30.9 Å². The van der Waals surface area contributed by atoms with Gasteiger partial charge in [0.1, 0.15) is 4.21 Å². The van der Waals surface area contributed by atoms with Crippen LogP contribution < -0.4 is 0 Å². The van der Waals surface area contributed by atoms with Gasteiger partial charge in [0.2, 0.25) is 0 Å². The summed E-state index contributed by atoms with van der Waals surface area (Å²) in [6.45, 7) is 3.82. The molecule has 0 aromatic carbocycles. The predicted octanol–water partition coefficient (Wildman–Crippen LogP) is 2.69. The van der Waals surface area contributed by atoms with E-state index < -0.39 is 15.1 Å². The molecule has 7 heteroatoms. The van der Waals surface area contributed by atoms with Crippen LogP contribution in [0.3, 0.4) is 0 Å². The van der Waals surface area contributed by atoms with Crippen LogP contribution in [-0.2, 0) is 16.3 Å². The minimum Gasteiger partial charge on any atom is -0.294 e. The van der Waals surface area contributed by atoms with Gasteiger partial charge < -0.3 is 0 Å². The number of Topliss-reactive ketones (excluding diaryl/α,β-unsaturated/α-hetero) is 1. The maximum Gasteiger partial charge on any atom is 0.262 e. The van der Waals surface area contributed by atoms with Crippen molar-refractivity contribution in [1.29, 1.82) is 0 Å². The molecule has 0 unspecified atom stereocenters. The van der Waals surface area contributed by atoms with E-state index in [-0.39, 0.29) is 32.3 Å². The summed E-state index contributed by atoms with van der Waals surface area (Å²) in [5, 5.41) is -0.707. The molecule has 2 rings (SSSR count). The standard InChI is InChI=1S/C12H13ClO4S2/c1-12(2)4-6-8(7(14)5-12)11(19(3,16)17)18-9(6)10(13)15/h4-5H2,1-3H3. The van der Waals surface area contributed by atoms with Crippen LogP contribution in [0.5, 0.6) is 0 Å². The highest BCUT2D eigenvalue weighted by molar-refractivity contribution is 7.92. The Hall–Kier alpha value is -0.720. The number of hydrogen-bond donors (Lipinski definition) is 0. The average molecular weight is 321 g/mol. The third-order valence-electron chi connectivity index (χ3n) is 3.06. The van der Waals surface area contributed by atoms with Gasteiger partial charge in [-0.2, -0.15) is 0 Å². The number of fused-ring (bicyclic) bond motifs is 1. The van der Waals surface area contributed by atoms with E-state index in [0.717, 1.165) is 17.6 Å². The van der Waals surface area contributed by atoms with Gasteiger partial charge in [-0.15, -0.1) is 11.3 Å². The minimum atomic E-state index is -3.54. The van der Waals surface area contributed by atoms with Crippen LogP contribution in [0, 0.1) is 5.41 Å². The van der Waals surface area contributed by atoms with E-state index in [1.165, 1.54) is 0 Å². The van der Waals surface area contributed by atoms with Crippen LogP contribution in [0.4, 0.5) is 0 Å². The molecule has 1 aromatic rings. The number of thiophene rings is 1. The molecule has 0 radical (unpaired) electrons. The van der Waals surface area contributed by atoms with Crippen molar-refractivity contribution in [3.8, 4) is 0 Å². The van der Waals surface area contributed by atoms with Crippen LogP contribution in [0.2, 0.25) is 0 Å². The molecule has 0 saturated heterocycles. The minimum absolute atomic E-state index is 0.0352. The lowest BCUT2D eigenvalue weighted by Gasteiger charge is -2.29. The van der Waals surface area contributed by atoms with Crippen molar-refractivity contribution in [1.82, 2.24) is 0 Å². The molecule has 1 heterocycles. The van der Waals surface area contributed by atoms with E-state index >= 15 is 0 Å². The van der Waals surface area contributed by atoms with Crippen molar-refractivity contribution in [3.05, 3.63) is 16.0 Å². The van der Waals surface area contributed by atoms with Crippen LogP contribution in [0.15, 0.2) is 4.21 Å². The number of ketones is 1. The van der Waals surface area contributed by atoms with Crippen LogP contribution in [-0.4, -0.2) is 25.7 Å². The van der Waals surface area contributed by atoms with Gasteiger partial charge in [-0.3, -0.25) is 9.59 Å². The van der Waals surface area contributed by atoms with E-state index in [1.807, 2.05) is 13.8 Å². The molecular weight excluding hydrogens is 308 g/mol. The van der Waals surface area contributed by atoms with Crippen LogP contribution in [0.25, 0.3) is 0 Å². The first-order valence-corrected chi connectivity index (χ1v) is 8.70. The van der Waals surface area contributed by atoms with E-state index in [0.29, 0.717) is 12.0 Å². The Labute approximate surface area is 120 Å². The van der Waals surface area contributed by atoms with Crippen molar-refractivity contribution >= 4 is 43.8 Å². The lowest BCUT2D eigenvalue weighted by molar-refractivity contribution is 0.0909. The Morgan fingerprint density at radius 2 is 1.89 bits per heavy atom. The van der Waals surface area contributed by atoms with Crippen LogP contribution in [0.1, 0.15) is 45.9 Å². The first-order valence-electron chi connectivity index (χ1n) is 5.62. The highest BCUT2D eigenvalue weighted by Gasteiger charge is 2.39. The molecular formula is C12H13ClO4S2. The van der Waals surface area contributed by atoms with Gasteiger partial charge in [0.25, 0.3) is 5.24 Å². The van der Waals surface area contributed by atoms with Crippen molar-refractivity contribution in [2.24, 2.45) is 5.41 Å². The number of rotatable bonds is 2. The van der Waals surface area contributed by atoms with Gasteiger partial charge in [0.05, 0.1) is 10.4 Å². The molecule has 0 atom stereocenters. The summed E-state index contributed by atoms with van der Waals surface area (Å²) in [5.74, 6) is -0.230. The second kappa shape index (κ2) is 4.40. The fourth-order valence-electron chi connectivity index (χ4n) is 2.38. The van der Waals surface area contributed by atoms with Crippen molar-refractivity contribution in [3.63, 3.8) is 0 Å². The molecule has 4 nitrogen and oxygen atoms in total. The van der Waals surface area contributed by atoms with Gasteiger partial charge in [0, 0.05) is 12.7 Å². The predicted molar refractivity (Wildman–Crippen MR) is 74.0 cm³/mol. The summed E-state index contributed by atoms with van der Waals surface area (Å²) in [4.78, 5) is 23.8. The zero-order valence-corrected chi connectivity index (χ0v) is 13.1. The molecule has 104 valence electrons. The summed E-state index contributed by atoms with van der Waals surface area (Å²) in [6.07, 6.45) is 1.79. The Kier molecular flexibility index (Phi) is 3.40. The molecule has 0 bridgehead atoms. The van der Waals surface area contributed by atoms with E-state index in [4.69, 9.17) is 11.6 Å². The summed E-state index contributed by atoms with van der Waals surface area (Å²) in [6, 6.07) is 0. The summed E-state index contributed by atoms with van der Waals surface area (Å²) >= 11 is 6.31. The lowest BCUT2D eigenvalue weighted by atomic mass is 9.74. The Bertz CT molecular complexity index is 683. The normalized spacial score (nSPS) is 18.2. The largest absolute Gasteiger partial charge is 0.294 e. The summed E-state index contributed by atoms with van der Waals surface area (Å²) in [7, 11) is -3.54. The van der Waals surface area contributed by atoms with Gasteiger partial charge in [-0.1, -0.05) is 13.8 Å². The monoisotopic (exact) mass is 320 g/mol. The van der Waals surface area contributed by atoms with Gasteiger partial charge in [-0.25, -0.2) is 8.42 Å². The third kappa shape index (κ3) is 2.61. The molecule has 0 aliphatic heterocycles. The zero-order chi connectivity index (χ0) is 14.6. The molecule has 0 fully saturated rings. The Balaban J connectivity index is 2.79. The molecule has 1 aromatic heterocycles. The maximum atomic E-state index is 12.2. The fourth-order valence-corrected chi connectivity index (χ4v) is 4.97. The van der Waals surface area contributed by atoms with Crippen LogP contribution >= 0.6 is 22.9 Å². The van der Waals surface area contributed by atoms with Gasteiger partial charge >= 0.3 is 0 Å². The Morgan fingerprint density at radius 3 is 2.37 bits per heavy atom. The smallest absolute Gasteiger partial charge is 0.262 e. The summed E-state index contributed by atoms with van der Waals surface area (Å²) < 4.78 is 23.5. The highest BCUT2D eigenvalue weighted by atomic mass is 35.5. The maximum absolute atomic E-state index is 12.2. The SMILES string of the molecule is CC1(C)CC(=O)c2c(S(C)(=O)=O)sc(C(=O)Cl)c2C1. The quantitative estimate of drug-likeness (QED) is 0.786. The molecule has 1 aliphatic rings. The van der Waals surface area contributed by atoms with E-state index in [2.05, 4.69) is 0 Å². The summed E-state index contributed by atoms with van der Waals surface area (Å²) in [5.41, 5.74) is 0.378. The molecule has 0 N–H and O–H groups in total. The Morgan fingerprint density at radius 1 is 1.32 bits per heavy atom. The van der Waals surface area contributed by atoms with E-state index in [1.54, 1.807) is 0 Å². The molecule has 1 aliphatic carbocycles. The lowest BCUT2D eigenvalue weighted by Crippen LogP contribution is -2.27. The number of halogens is 1. The number of carbonyl (C=O) groups excluding carboxylic acids is 2. The van der Waals surface area contributed by atoms with Crippen molar-refractivity contribution < 1.29 is 18.0 Å². The second-order valence-electron chi connectivity index (χ2n) is 5.56. The molecule has 0 saturated carbocycles. The number of carbonyl (C=O) groups is 2. The van der Waals surface area contributed by atoms with E-state index in [9.17, 15) is 18.0 Å². The zero-order valence-electron chi connectivity index (χ0n) is 10.7.